The fourth-order valence-corrected chi connectivity index (χ4v) is 2.61. The van der Waals surface area contributed by atoms with Crippen LogP contribution in [0.2, 0.25) is 0 Å². The van der Waals surface area contributed by atoms with E-state index in [4.69, 9.17) is 0 Å². The number of hydrogen-bond acceptors (Lipinski definition) is 2. The van der Waals surface area contributed by atoms with Crippen molar-refractivity contribution >= 4 is 22.6 Å². The molecule has 1 saturated heterocycles. The van der Waals surface area contributed by atoms with Crippen molar-refractivity contribution in [2.24, 2.45) is 0 Å². The summed E-state index contributed by atoms with van der Waals surface area (Å²) in [5, 5.41) is 3.55. The third-order valence-electron chi connectivity index (χ3n) is 3.04. The molecule has 1 aliphatic rings. The van der Waals surface area contributed by atoms with Crippen LogP contribution in [0.4, 0.5) is 0 Å². The largest absolute Gasteiger partial charge is 0.315 e. The predicted molar refractivity (Wildman–Crippen MR) is 75.9 cm³/mol. The summed E-state index contributed by atoms with van der Waals surface area (Å²) in [6.45, 7) is 6.32. The van der Waals surface area contributed by atoms with Crippen LogP contribution >= 0.6 is 22.6 Å². The lowest BCUT2D eigenvalue weighted by atomic mass is 10.2. The fraction of sp³-hybridized carbons (Fsp3) is 1.00. The van der Waals surface area contributed by atoms with Crippen molar-refractivity contribution in [3.05, 3.63) is 0 Å². The summed E-state index contributed by atoms with van der Waals surface area (Å²) >= 11 is 2.46. The summed E-state index contributed by atoms with van der Waals surface area (Å²) < 4.78 is 1.32. The van der Waals surface area contributed by atoms with E-state index < -0.39 is 0 Å². The van der Waals surface area contributed by atoms with E-state index in [9.17, 15) is 0 Å². The molecular formula is C12H25IN2. The van der Waals surface area contributed by atoms with Crippen molar-refractivity contribution in [1.29, 1.82) is 0 Å². The summed E-state index contributed by atoms with van der Waals surface area (Å²) in [5.74, 6) is 0. The third-order valence-corrected chi connectivity index (χ3v) is 3.80. The second-order valence-corrected chi connectivity index (χ2v) is 5.48. The highest BCUT2D eigenvalue weighted by Crippen LogP contribution is 2.05. The van der Waals surface area contributed by atoms with Crippen molar-refractivity contribution < 1.29 is 0 Å². The highest BCUT2D eigenvalue weighted by Gasteiger charge is 2.09. The Morgan fingerprint density at radius 2 is 1.67 bits per heavy atom. The van der Waals surface area contributed by atoms with E-state index in [0.29, 0.717) is 0 Å². The summed E-state index contributed by atoms with van der Waals surface area (Å²) in [7, 11) is 0. The van der Waals surface area contributed by atoms with E-state index in [2.05, 4.69) is 32.8 Å². The van der Waals surface area contributed by atoms with Crippen LogP contribution in [0.3, 0.4) is 0 Å². The van der Waals surface area contributed by atoms with Gasteiger partial charge in [-0.3, -0.25) is 0 Å². The second-order valence-electron chi connectivity index (χ2n) is 4.40. The molecule has 1 N–H and O–H groups in total. The molecule has 0 aromatic heterocycles. The Kier molecular flexibility index (Phi) is 9.00. The molecule has 0 spiro atoms. The first-order valence-corrected chi connectivity index (χ1v) is 7.95. The Morgan fingerprint density at radius 3 is 2.40 bits per heavy atom. The number of likely N-dealkylation sites (tertiary alicyclic amines) is 1. The van der Waals surface area contributed by atoms with Gasteiger partial charge in [-0.15, -0.1) is 0 Å². The van der Waals surface area contributed by atoms with Gasteiger partial charge in [-0.05, 0) is 49.7 Å². The van der Waals surface area contributed by atoms with Gasteiger partial charge in [0.15, 0.2) is 0 Å². The molecule has 90 valence electrons. The van der Waals surface area contributed by atoms with E-state index in [0.717, 1.165) is 0 Å². The molecule has 3 heteroatoms. The van der Waals surface area contributed by atoms with Crippen molar-refractivity contribution in [3.63, 3.8) is 0 Å². The zero-order valence-electron chi connectivity index (χ0n) is 9.81. The summed E-state index contributed by atoms with van der Waals surface area (Å²) in [4.78, 5) is 2.57. The van der Waals surface area contributed by atoms with Crippen LogP contribution in [0.1, 0.15) is 38.5 Å². The van der Waals surface area contributed by atoms with Crippen LogP contribution in [0.5, 0.6) is 0 Å². The lowest BCUT2D eigenvalue weighted by molar-refractivity contribution is 0.335. The minimum atomic E-state index is 1.19. The Balaban J connectivity index is 1.73. The van der Waals surface area contributed by atoms with Gasteiger partial charge in [0.25, 0.3) is 0 Å². The molecule has 1 aliphatic heterocycles. The molecular weight excluding hydrogens is 299 g/mol. The summed E-state index contributed by atoms with van der Waals surface area (Å²) in [6.07, 6.45) is 8.40. The van der Waals surface area contributed by atoms with Crippen LogP contribution in [0.15, 0.2) is 0 Å². The number of unbranched alkanes of at least 4 members (excludes halogenated alkanes) is 3. The maximum absolute atomic E-state index is 3.55. The zero-order valence-corrected chi connectivity index (χ0v) is 12.0. The van der Waals surface area contributed by atoms with Crippen LogP contribution in [0, 0.1) is 0 Å². The number of nitrogens with one attached hydrogen (secondary N) is 1. The van der Waals surface area contributed by atoms with Gasteiger partial charge < -0.3 is 10.2 Å². The minimum Gasteiger partial charge on any atom is -0.315 e. The number of hydrogen-bond donors (Lipinski definition) is 1. The number of alkyl halides is 1. The van der Waals surface area contributed by atoms with Gasteiger partial charge in [-0.2, -0.15) is 0 Å². The smallest absolute Gasteiger partial charge is 0.0107 e. The van der Waals surface area contributed by atoms with Crippen LogP contribution in [-0.4, -0.2) is 42.1 Å². The normalized spacial score (nSPS) is 17.4. The van der Waals surface area contributed by atoms with Crippen molar-refractivity contribution in [2.45, 2.75) is 38.5 Å². The number of halogens is 1. The third kappa shape index (κ3) is 7.53. The van der Waals surface area contributed by atoms with E-state index in [1.54, 1.807) is 0 Å². The summed E-state index contributed by atoms with van der Waals surface area (Å²) in [5.41, 5.74) is 0. The Labute approximate surface area is 108 Å². The number of nitrogens with zero attached hydrogens (tertiary/aromatic N) is 1. The van der Waals surface area contributed by atoms with Crippen LogP contribution < -0.4 is 5.32 Å². The van der Waals surface area contributed by atoms with E-state index >= 15 is 0 Å². The SMILES string of the molecule is ICCCCCCNCCN1CCCC1. The Morgan fingerprint density at radius 1 is 0.933 bits per heavy atom. The first kappa shape index (κ1) is 13.7. The zero-order chi connectivity index (χ0) is 10.8. The van der Waals surface area contributed by atoms with Gasteiger partial charge in [-0.1, -0.05) is 35.4 Å². The van der Waals surface area contributed by atoms with Gasteiger partial charge in [0.2, 0.25) is 0 Å². The van der Waals surface area contributed by atoms with Gasteiger partial charge in [0, 0.05) is 13.1 Å². The quantitative estimate of drug-likeness (QED) is 0.398. The fourth-order valence-electron chi connectivity index (χ4n) is 2.07. The van der Waals surface area contributed by atoms with E-state index in [1.807, 2.05) is 0 Å². The predicted octanol–water partition coefficient (Wildman–Crippen LogP) is 2.67. The van der Waals surface area contributed by atoms with E-state index in [-0.39, 0.29) is 0 Å². The molecule has 0 amide bonds. The average Bonchev–Trinajstić information content (AvgIpc) is 2.75. The van der Waals surface area contributed by atoms with Crippen molar-refractivity contribution in [2.75, 3.05) is 37.2 Å². The average molecular weight is 324 g/mol. The maximum atomic E-state index is 3.55. The molecule has 1 fully saturated rings. The van der Waals surface area contributed by atoms with Gasteiger partial charge >= 0.3 is 0 Å². The van der Waals surface area contributed by atoms with Crippen LogP contribution in [-0.2, 0) is 0 Å². The van der Waals surface area contributed by atoms with E-state index in [1.165, 1.54) is 75.7 Å². The van der Waals surface area contributed by atoms with Gasteiger partial charge in [-0.25, -0.2) is 0 Å². The molecule has 0 aromatic rings. The molecule has 0 aromatic carbocycles. The molecule has 1 rings (SSSR count). The highest BCUT2D eigenvalue weighted by atomic mass is 127. The Hall–Kier alpha value is 0.650. The monoisotopic (exact) mass is 324 g/mol. The molecule has 0 atom stereocenters. The topological polar surface area (TPSA) is 15.3 Å². The minimum absolute atomic E-state index is 1.19. The molecule has 1 heterocycles. The first-order valence-electron chi connectivity index (χ1n) is 6.42. The van der Waals surface area contributed by atoms with Gasteiger partial charge in [0.1, 0.15) is 0 Å². The highest BCUT2D eigenvalue weighted by molar-refractivity contribution is 14.1. The summed E-state index contributed by atoms with van der Waals surface area (Å²) in [6, 6.07) is 0. The lowest BCUT2D eigenvalue weighted by Crippen LogP contribution is -2.30. The molecule has 15 heavy (non-hydrogen) atoms. The molecule has 0 unspecified atom stereocenters. The lowest BCUT2D eigenvalue weighted by Gasteiger charge is -2.14. The first-order chi connectivity index (χ1) is 7.43. The maximum Gasteiger partial charge on any atom is 0.0107 e. The van der Waals surface area contributed by atoms with Crippen molar-refractivity contribution in [3.8, 4) is 0 Å². The molecule has 2 nitrogen and oxygen atoms in total. The van der Waals surface area contributed by atoms with Crippen LogP contribution in [0.25, 0.3) is 0 Å². The van der Waals surface area contributed by atoms with Crippen molar-refractivity contribution in [1.82, 2.24) is 10.2 Å². The molecule has 0 aliphatic carbocycles. The standard InChI is InChI=1S/C12H25IN2/c13-7-3-1-2-4-8-14-9-12-15-10-5-6-11-15/h14H,1-12H2. The molecule has 0 radical (unpaired) electrons. The number of rotatable bonds is 9. The molecule has 0 bridgehead atoms. The van der Waals surface area contributed by atoms with Gasteiger partial charge in [0.05, 0.1) is 0 Å². The molecule has 0 saturated carbocycles. The second kappa shape index (κ2) is 9.85. The Bertz CT molecular complexity index is 136.